The van der Waals surface area contributed by atoms with Gasteiger partial charge < -0.3 is 15.5 Å². The molecule has 3 nitrogen and oxygen atoms in total. The lowest BCUT2D eigenvalue weighted by molar-refractivity contribution is 0.734. The standard InChI is InChI=1S/C17H19N3S/c1-19-10-11-20(16-9-5-4-8-15(16)19)12-13-6-2-3-7-14(13)17(18)21/h2-9H,10-12H2,1H3,(H2,18,21). The lowest BCUT2D eigenvalue weighted by Crippen LogP contribution is -2.39. The number of benzene rings is 2. The van der Waals surface area contributed by atoms with Gasteiger partial charge in [0.25, 0.3) is 0 Å². The Hall–Kier alpha value is -2.07. The predicted molar refractivity (Wildman–Crippen MR) is 93.1 cm³/mol. The lowest BCUT2D eigenvalue weighted by Gasteiger charge is -2.37. The van der Waals surface area contributed by atoms with Gasteiger partial charge in [0.15, 0.2) is 0 Å². The number of rotatable bonds is 3. The van der Waals surface area contributed by atoms with Crippen LogP contribution in [0.5, 0.6) is 0 Å². The molecule has 0 aromatic heterocycles. The van der Waals surface area contributed by atoms with Gasteiger partial charge in [0, 0.05) is 32.2 Å². The molecule has 0 aliphatic carbocycles. The average Bonchev–Trinajstić information content (AvgIpc) is 2.51. The first-order chi connectivity index (χ1) is 10.2. The first-order valence-electron chi connectivity index (χ1n) is 7.09. The molecule has 0 saturated heterocycles. The average molecular weight is 297 g/mol. The molecule has 0 bridgehead atoms. The molecule has 0 radical (unpaired) electrons. The summed E-state index contributed by atoms with van der Waals surface area (Å²) in [5.41, 5.74) is 10.5. The molecule has 0 atom stereocenters. The van der Waals surface area contributed by atoms with Crippen LogP contribution in [0.4, 0.5) is 11.4 Å². The molecule has 4 heteroatoms. The number of nitrogens with two attached hydrogens (primary N) is 1. The van der Waals surface area contributed by atoms with Gasteiger partial charge >= 0.3 is 0 Å². The van der Waals surface area contributed by atoms with E-state index in [2.05, 4.69) is 47.2 Å². The molecule has 3 rings (SSSR count). The summed E-state index contributed by atoms with van der Waals surface area (Å²) in [4.78, 5) is 5.16. The molecule has 0 amide bonds. The molecule has 1 aliphatic heterocycles. The van der Waals surface area contributed by atoms with Crippen molar-refractivity contribution in [1.82, 2.24) is 0 Å². The van der Waals surface area contributed by atoms with Crippen molar-refractivity contribution in [2.75, 3.05) is 29.9 Å². The van der Waals surface area contributed by atoms with Gasteiger partial charge in [-0.05, 0) is 17.7 Å². The third-order valence-electron chi connectivity index (χ3n) is 3.98. The zero-order chi connectivity index (χ0) is 14.8. The molecule has 108 valence electrons. The van der Waals surface area contributed by atoms with Crippen molar-refractivity contribution in [3.63, 3.8) is 0 Å². The summed E-state index contributed by atoms with van der Waals surface area (Å²) >= 11 is 5.16. The monoisotopic (exact) mass is 297 g/mol. The SMILES string of the molecule is CN1CCN(Cc2ccccc2C(N)=S)c2ccccc21. The van der Waals surface area contributed by atoms with Gasteiger partial charge in [-0.2, -0.15) is 0 Å². The van der Waals surface area contributed by atoms with E-state index in [1.54, 1.807) is 0 Å². The highest BCUT2D eigenvalue weighted by molar-refractivity contribution is 7.80. The summed E-state index contributed by atoms with van der Waals surface area (Å²) in [6.45, 7) is 2.85. The molecule has 21 heavy (non-hydrogen) atoms. The van der Waals surface area contributed by atoms with Crippen molar-refractivity contribution in [3.05, 3.63) is 59.7 Å². The highest BCUT2D eigenvalue weighted by atomic mass is 32.1. The molecule has 1 aliphatic rings. The minimum absolute atomic E-state index is 0.466. The van der Waals surface area contributed by atoms with E-state index in [9.17, 15) is 0 Å². The molecule has 0 saturated carbocycles. The molecule has 0 fully saturated rings. The largest absolute Gasteiger partial charge is 0.389 e. The zero-order valence-corrected chi connectivity index (χ0v) is 12.9. The second-order valence-corrected chi connectivity index (χ2v) is 5.79. The Morgan fingerprint density at radius 1 is 1.05 bits per heavy atom. The molecule has 1 heterocycles. The first kappa shape index (κ1) is 13.9. The number of hydrogen-bond donors (Lipinski definition) is 1. The molecule has 0 unspecified atom stereocenters. The Bertz CT molecular complexity index is 669. The maximum atomic E-state index is 5.84. The molecular weight excluding hydrogens is 278 g/mol. The number of thiocarbonyl (C=S) groups is 1. The summed E-state index contributed by atoms with van der Waals surface area (Å²) in [6.07, 6.45) is 0. The Labute approximate surface area is 131 Å². The normalized spacial score (nSPS) is 14.0. The number of likely N-dealkylation sites (N-methyl/N-ethyl adjacent to an activating group) is 1. The lowest BCUT2D eigenvalue weighted by atomic mass is 10.1. The van der Waals surface area contributed by atoms with Crippen LogP contribution in [0.1, 0.15) is 11.1 Å². The van der Waals surface area contributed by atoms with E-state index < -0.39 is 0 Å². The quantitative estimate of drug-likeness (QED) is 0.883. The highest BCUT2D eigenvalue weighted by Gasteiger charge is 2.20. The Morgan fingerprint density at radius 2 is 1.71 bits per heavy atom. The van der Waals surface area contributed by atoms with Gasteiger partial charge in [-0.1, -0.05) is 48.6 Å². The number of nitrogens with zero attached hydrogens (tertiary/aromatic N) is 2. The van der Waals surface area contributed by atoms with Gasteiger partial charge in [-0.15, -0.1) is 0 Å². The number of fused-ring (bicyclic) bond motifs is 1. The summed E-state index contributed by atoms with van der Waals surface area (Å²) in [7, 11) is 2.14. The molecule has 2 aromatic rings. The van der Waals surface area contributed by atoms with Crippen molar-refractivity contribution in [3.8, 4) is 0 Å². The van der Waals surface area contributed by atoms with Crippen LogP contribution in [0.25, 0.3) is 0 Å². The predicted octanol–water partition coefficient (Wildman–Crippen LogP) is 2.78. The van der Waals surface area contributed by atoms with Crippen LogP contribution in [0.3, 0.4) is 0 Å². The van der Waals surface area contributed by atoms with Crippen LogP contribution >= 0.6 is 12.2 Å². The van der Waals surface area contributed by atoms with Crippen molar-refractivity contribution in [2.45, 2.75) is 6.54 Å². The number of para-hydroxylation sites is 2. The third-order valence-corrected chi connectivity index (χ3v) is 4.20. The number of anilines is 2. The Morgan fingerprint density at radius 3 is 2.48 bits per heavy atom. The van der Waals surface area contributed by atoms with Crippen LogP contribution in [0.2, 0.25) is 0 Å². The third kappa shape index (κ3) is 2.72. The maximum absolute atomic E-state index is 5.84. The van der Waals surface area contributed by atoms with Crippen LogP contribution in [-0.4, -0.2) is 25.1 Å². The zero-order valence-electron chi connectivity index (χ0n) is 12.1. The summed E-state index contributed by atoms with van der Waals surface area (Å²) in [5.74, 6) is 0. The van der Waals surface area contributed by atoms with Gasteiger partial charge in [0.1, 0.15) is 4.99 Å². The fourth-order valence-electron chi connectivity index (χ4n) is 2.83. The molecule has 2 N–H and O–H groups in total. The van der Waals surface area contributed by atoms with Crippen LogP contribution in [0, 0.1) is 0 Å². The van der Waals surface area contributed by atoms with E-state index in [0.717, 1.165) is 25.2 Å². The van der Waals surface area contributed by atoms with E-state index in [0.29, 0.717) is 4.99 Å². The van der Waals surface area contributed by atoms with E-state index in [4.69, 9.17) is 18.0 Å². The summed E-state index contributed by atoms with van der Waals surface area (Å²) in [6, 6.07) is 16.6. The van der Waals surface area contributed by atoms with Crippen LogP contribution in [-0.2, 0) is 6.54 Å². The van der Waals surface area contributed by atoms with E-state index in [1.165, 1.54) is 16.9 Å². The first-order valence-corrected chi connectivity index (χ1v) is 7.50. The smallest absolute Gasteiger partial charge is 0.104 e. The molecular formula is C17H19N3S. The van der Waals surface area contributed by atoms with Gasteiger partial charge in [0.05, 0.1) is 11.4 Å². The van der Waals surface area contributed by atoms with E-state index in [1.807, 2.05) is 18.2 Å². The van der Waals surface area contributed by atoms with Crippen molar-refractivity contribution >= 4 is 28.6 Å². The van der Waals surface area contributed by atoms with Gasteiger partial charge in [0.2, 0.25) is 0 Å². The summed E-state index contributed by atoms with van der Waals surface area (Å²) < 4.78 is 0. The highest BCUT2D eigenvalue weighted by Crippen LogP contribution is 2.32. The minimum Gasteiger partial charge on any atom is -0.389 e. The maximum Gasteiger partial charge on any atom is 0.104 e. The second-order valence-electron chi connectivity index (χ2n) is 5.35. The summed E-state index contributed by atoms with van der Waals surface area (Å²) in [5, 5.41) is 0. The topological polar surface area (TPSA) is 32.5 Å². The molecule has 2 aromatic carbocycles. The van der Waals surface area contributed by atoms with Gasteiger partial charge in [-0.3, -0.25) is 0 Å². The fraction of sp³-hybridized carbons (Fsp3) is 0.235. The Balaban J connectivity index is 1.93. The fourth-order valence-corrected chi connectivity index (χ4v) is 3.03. The number of hydrogen-bond acceptors (Lipinski definition) is 3. The Kier molecular flexibility index (Phi) is 3.80. The van der Waals surface area contributed by atoms with E-state index in [-0.39, 0.29) is 0 Å². The van der Waals surface area contributed by atoms with Crippen molar-refractivity contribution < 1.29 is 0 Å². The van der Waals surface area contributed by atoms with Crippen molar-refractivity contribution in [1.29, 1.82) is 0 Å². The van der Waals surface area contributed by atoms with Crippen LogP contribution < -0.4 is 15.5 Å². The van der Waals surface area contributed by atoms with Gasteiger partial charge in [-0.25, -0.2) is 0 Å². The van der Waals surface area contributed by atoms with E-state index >= 15 is 0 Å². The second kappa shape index (κ2) is 5.74. The van der Waals surface area contributed by atoms with Crippen molar-refractivity contribution in [2.24, 2.45) is 5.73 Å². The molecule has 0 spiro atoms. The van der Waals surface area contributed by atoms with Crippen LogP contribution in [0.15, 0.2) is 48.5 Å². The minimum atomic E-state index is 0.466.